The van der Waals surface area contributed by atoms with Crippen LogP contribution in [0.2, 0.25) is 0 Å². The van der Waals surface area contributed by atoms with E-state index in [1.165, 1.54) is 0 Å². The monoisotopic (exact) mass is 324 g/mol. The van der Waals surface area contributed by atoms with Crippen LogP contribution in [0.4, 0.5) is 5.69 Å². The molecule has 0 aliphatic heterocycles. The van der Waals surface area contributed by atoms with E-state index in [9.17, 15) is 4.79 Å². The molecule has 0 saturated heterocycles. The maximum atomic E-state index is 12.2. The molecule has 8 heteroatoms. The van der Waals surface area contributed by atoms with Crippen LogP contribution in [0.25, 0.3) is 5.95 Å². The lowest BCUT2D eigenvalue weighted by atomic mass is 10.3. The molecule has 24 heavy (non-hydrogen) atoms. The molecule has 1 amide bonds. The molecule has 3 heterocycles. The Labute approximate surface area is 137 Å². The summed E-state index contributed by atoms with van der Waals surface area (Å²) in [5, 5.41) is 10.9. The van der Waals surface area contributed by atoms with Crippen molar-refractivity contribution in [1.82, 2.24) is 24.9 Å². The van der Waals surface area contributed by atoms with Crippen molar-refractivity contribution < 1.29 is 9.32 Å². The van der Waals surface area contributed by atoms with Gasteiger partial charge in [0.25, 0.3) is 11.9 Å². The second-order valence-corrected chi connectivity index (χ2v) is 5.95. The molecule has 8 nitrogen and oxygen atoms in total. The highest BCUT2D eigenvalue weighted by Crippen LogP contribution is 2.40. The fourth-order valence-corrected chi connectivity index (χ4v) is 2.48. The van der Waals surface area contributed by atoms with Gasteiger partial charge in [0, 0.05) is 17.7 Å². The number of nitrogens with zero attached hydrogens (tertiary/aromatic N) is 5. The van der Waals surface area contributed by atoms with E-state index in [0.717, 1.165) is 30.0 Å². The van der Waals surface area contributed by atoms with Gasteiger partial charge in [0.05, 0.1) is 23.8 Å². The SMILES string of the molecule is Cc1cc(C)n(-c2ncc(NC(=O)c3cc(C4CC4)on3)cn2)n1. The maximum absolute atomic E-state index is 12.2. The number of nitrogens with one attached hydrogen (secondary N) is 1. The average Bonchev–Trinajstić information content (AvgIpc) is 3.19. The number of anilines is 1. The predicted octanol–water partition coefficient (Wildman–Crippen LogP) is 2.40. The minimum atomic E-state index is -0.340. The van der Waals surface area contributed by atoms with Crippen molar-refractivity contribution in [3.05, 3.63) is 47.4 Å². The normalized spacial score (nSPS) is 13.9. The van der Waals surface area contributed by atoms with Crippen LogP contribution < -0.4 is 5.32 Å². The number of aromatic nitrogens is 5. The third kappa shape index (κ3) is 2.78. The van der Waals surface area contributed by atoms with Crippen LogP contribution >= 0.6 is 0 Å². The van der Waals surface area contributed by atoms with Gasteiger partial charge in [-0.3, -0.25) is 4.79 Å². The molecule has 0 spiro atoms. The summed E-state index contributed by atoms with van der Waals surface area (Å²) in [6, 6.07) is 3.64. The summed E-state index contributed by atoms with van der Waals surface area (Å²) in [5.74, 6) is 1.31. The van der Waals surface area contributed by atoms with Crippen LogP contribution in [0.1, 0.15) is 46.4 Å². The zero-order chi connectivity index (χ0) is 16.7. The van der Waals surface area contributed by atoms with Crippen molar-refractivity contribution in [3.63, 3.8) is 0 Å². The molecule has 1 aliphatic carbocycles. The summed E-state index contributed by atoms with van der Waals surface area (Å²) < 4.78 is 6.84. The smallest absolute Gasteiger partial charge is 0.277 e. The van der Waals surface area contributed by atoms with E-state index < -0.39 is 0 Å². The van der Waals surface area contributed by atoms with E-state index in [4.69, 9.17) is 4.52 Å². The molecule has 3 aromatic rings. The third-order valence-corrected chi connectivity index (χ3v) is 3.84. The van der Waals surface area contributed by atoms with Crippen molar-refractivity contribution in [2.45, 2.75) is 32.6 Å². The molecular weight excluding hydrogens is 308 g/mol. The van der Waals surface area contributed by atoms with Crippen molar-refractivity contribution >= 4 is 11.6 Å². The Morgan fingerprint density at radius 1 is 1.25 bits per heavy atom. The Balaban J connectivity index is 1.48. The summed E-state index contributed by atoms with van der Waals surface area (Å²) in [6.07, 6.45) is 5.27. The van der Waals surface area contributed by atoms with Crippen LogP contribution in [0.3, 0.4) is 0 Å². The molecule has 1 aliphatic rings. The highest BCUT2D eigenvalue weighted by molar-refractivity contribution is 6.02. The van der Waals surface area contributed by atoms with Gasteiger partial charge in [0.2, 0.25) is 0 Å². The average molecular weight is 324 g/mol. The zero-order valence-electron chi connectivity index (χ0n) is 13.4. The van der Waals surface area contributed by atoms with Gasteiger partial charge in [-0.15, -0.1) is 0 Å². The van der Waals surface area contributed by atoms with Gasteiger partial charge in [-0.2, -0.15) is 5.10 Å². The lowest BCUT2D eigenvalue weighted by Gasteiger charge is -2.04. The fourth-order valence-electron chi connectivity index (χ4n) is 2.48. The predicted molar refractivity (Wildman–Crippen MR) is 85.1 cm³/mol. The highest BCUT2D eigenvalue weighted by atomic mass is 16.5. The van der Waals surface area contributed by atoms with Crippen molar-refractivity contribution in [2.75, 3.05) is 5.32 Å². The van der Waals surface area contributed by atoms with Gasteiger partial charge < -0.3 is 9.84 Å². The number of carbonyl (C=O) groups is 1. The molecule has 0 atom stereocenters. The summed E-state index contributed by atoms with van der Waals surface area (Å²) >= 11 is 0. The van der Waals surface area contributed by atoms with Crippen molar-refractivity contribution in [2.24, 2.45) is 0 Å². The van der Waals surface area contributed by atoms with Gasteiger partial charge in [-0.05, 0) is 32.8 Å². The molecule has 0 bridgehead atoms. The molecule has 122 valence electrons. The lowest BCUT2D eigenvalue weighted by Crippen LogP contribution is -2.13. The van der Waals surface area contributed by atoms with Crippen molar-refractivity contribution in [3.8, 4) is 5.95 Å². The molecule has 1 N–H and O–H groups in total. The molecule has 3 aromatic heterocycles. The summed E-state index contributed by atoms with van der Waals surface area (Å²) in [6.45, 7) is 3.84. The summed E-state index contributed by atoms with van der Waals surface area (Å²) in [5.41, 5.74) is 2.59. The van der Waals surface area contributed by atoms with Gasteiger partial charge >= 0.3 is 0 Å². The van der Waals surface area contributed by atoms with E-state index in [1.807, 2.05) is 19.9 Å². The first-order valence-corrected chi connectivity index (χ1v) is 7.74. The third-order valence-electron chi connectivity index (χ3n) is 3.84. The van der Waals surface area contributed by atoms with Crippen LogP contribution in [0.15, 0.2) is 29.0 Å². The number of aryl methyl sites for hydroxylation is 2. The first kappa shape index (κ1) is 14.6. The largest absolute Gasteiger partial charge is 0.360 e. The minimum Gasteiger partial charge on any atom is -0.360 e. The summed E-state index contributed by atoms with van der Waals surface area (Å²) in [7, 11) is 0. The van der Waals surface area contributed by atoms with Crippen LogP contribution in [0, 0.1) is 13.8 Å². The second kappa shape index (κ2) is 5.55. The number of rotatable bonds is 4. The van der Waals surface area contributed by atoms with Crippen LogP contribution in [0.5, 0.6) is 0 Å². The van der Waals surface area contributed by atoms with Gasteiger partial charge in [-0.25, -0.2) is 14.6 Å². The molecular formula is C16H16N6O2. The Morgan fingerprint density at radius 3 is 2.62 bits per heavy atom. The highest BCUT2D eigenvalue weighted by Gasteiger charge is 2.28. The Bertz CT molecular complexity index is 892. The Hall–Kier alpha value is -3.03. The topological polar surface area (TPSA) is 98.7 Å². The quantitative estimate of drug-likeness (QED) is 0.791. The van der Waals surface area contributed by atoms with Crippen molar-refractivity contribution in [1.29, 1.82) is 0 Å². The zero-order valence-corrected chi connectivity index (χ0v) is 13.4. The van der Waals surface area contributed by atoms with Gasteiger partial charge in [-0.1, -0.05) is 5.16 Å². The van der Waals surface area contributed by atoms with E-state index >= 15 is 0 Å². The van der Waals surface area contributed by atoms with E-state index in [2.05, 4.69) is 25.5 Å². The van der Waals surface area contributed by atoms with E-state index in [-0.39, 0.29) is 11.6 Å². The molecule has 0 unspecified atom stereocenters. The number of hydrogen-bond donors (Lipinski definition) is 1. The first-order chi connectivity index (χ1) is 11.6. The number of amides is 1. The molecule has 0 aromatic carbocycles. The standard InChI is InChI=1S/C16H16N6O2/c1-9-5-10(2)22(20-9)16-17-7-12(8-18-16)19-15(23)13-6-14(24-21-13)11-3-4-11/h5-8,11H,3-4H2,1-2H3,(H,19,23). The molecule has 4 rings (SSSR count). The second-order valence-electron chi connectivity index (χ2n) is 5.95. The van der Waals surface area contributed by atoms with Gasteiger partial charge in [0.1, 0.15) is 5.76 Å². The van der Waals surface area contributed by atoms with E-state index in [1.54, 1.807) is 23.1 Å². The van der Waals surface area contributed by atoms with Gasteiger partial charge in [0.15, 0.2) is 5.69 Å². The maximum Gasteiger partial charge on any atom is 0.277 e. The lowest BCUT2D eigenvalue weighted by molar-refractivity contribution is 0.101. The number of hydrogen-bond acceptors (Lipinski definition) is 6. The number of carbonyl (C=O) groups excluding carboxylic acids is 1. The Kier molecular flexibility index (Phi) is 3.37. The first-order valence-electron chi connectivity index (χ1n) is 7.74. The summed E-state index contributed by atoms with van der Waals surface area (Å²) in [4.78, 5) is 20.7. The Morgan fingerprint density at radius 2 is 2.00 bits per heavy atom. The fraction of sp³-hybridized carbons (Fsp3) is 0.312. The molecule has 0 radical (unpaired) electrons. The van der Waals surface area contributed by atoms with E-state index in [0.29, 0.717) is 17.6 Å². The van der Waals surface area contributed by atoms with Crippen LogP contribution in [-0.4, -0.2) is 30.8 Å². The van der Waals surface area contributed by atoms with Crippen LogP contribution in [-0.2, 0) is 0 Å². The minimum absolute atomic E-state index is 0.263. The molecule has 1 fully saturated rings. The molecule has 1 saturated carbocycles.